The maximum Gasteiger partial charge on any atom is 0.0947 e. The fourth-order valence-electron chi connectivity index (χ4n) is 9.12. The Labute approximate surface area is 274 Å². The van der Waals surface area contributed by atoms with E-state index in [2.05, 4.69) is 129 Å². The molecule has 0 radical (unpaired) electrons. The second-order valence-corrected chi connectivity index (χ2v) is 15.1. The highest BCUT2D eigenvalue weighted by atomic mass is 32.1. The molecule has 4 aromatic carbocycles. The van der Waals surface area contributed by atoms with Crippen molar-refractivity contribution in [2.45, 2.75) is 62.8 Å². The molecule has 0 saturated heterocycles. The number of rotatable bonds is 2. The van der Waals surface area contributed by atoms with Crippen LogP contribution in [0, 0.1) is 22.7 Å². The van der Waals surface area contributed by atoms with Gasteiger partial charge in [-0.3, -0.25) is 0 Å². The highest BCUT2D eigenvalue weighted by molar-refractivity contribution is 7.26. The third-order valence-corrected chi connectivity index (χ3v) is 12.5. The number of nitrogens with zero attached hydrogens (tertiary/aromatic N) is 3. The molecule has 0 saturated carbocycles. The molecule has 2 heterocycles. The Morgan fingerprint density at radius 3 is 2.41 bits per heavy atom. The van der Waals surface area contributed by atoms with E-state index >= 15 is 0 Å². The Hall–Kier alpha value is -4.90. The quantitative estimate of drug-likeness (QED) is 0.200. The molecule has 0 amide bonds. The molecule has 4 aliphatic rings. The molecule has 0 N–H and O–H groups in total. The first-order valence-corrected chi connectivity index (χ1v) is 17.1. The maximum atomic E-state index is 10.0. The van der Waals surface area contributed by atoms with Crippen LogP contribution in [0.25, 0.3) is 31.3 Å². The topological polar surface area (TPSA) is 50.8 Å². The zero-order valence-electron chi connectivity index (χ0n) is 26.3. The van der Waals surface area contributed by atoms with Crippen LogP contribution in [0.5, 0.6) is 0 Å². The minimum Gasteiger partial charge on any atom is -0.340 e. The van der Waals surface area contributed by atoms with Crippen LogP contribution in [0.2, 0.25) is 0 Å². The summed E-state index contributed by atoms with van der Waals surface area (Å²) < 4.78 is 2.69. The molecule has 1 aliphatic heterocycles. The molecule has 3 nitrogen and oxygen atoms in total. The smallest absolute Gasteiger partial charge is 0.0947 e. The van der Waals surface area contributed by atoms with E-state index in [1.54, 1.807) is 0 Å². The van der Waals surface area contributed by atoms with Crippen molar-refractivity contribution in [3.05, 3.63) is 136 Å². The number of para-hydroxylation sites is 1. The first-order valence-electron chi connectivity index (χ1n) is 16.2. The van der Waals surface area contributed by atoms with Crippen LogP contribution < -0.4 is 4.90 Å². The van der Waals surface area contributed by atoms with Gasteiger partial charge in [0.25, 0.3) is 0 Å². The van der Waals surface area contributed by atoms with Crippen molar-refractivity contribution in [1.82, 2.24) is 0 Å². The van der Waals surface area contributed by atoms with E-state index in [1.807, 2.05) is 17.4 Å². The fourth-order valence-corrected chi connectivity index (χ4v) is 10.5. The number of anilines is 1. The molecule has 0 spiro atoms. The van der Waals surface area contributed by atoms with Crippen molar-refractivity contribution in [3.8, 4) is 23.3 Å². The van der Waals surface area contributed by atoms with Crippen LogP contribution >= 0.6 is 11.3 Å². The number of hydrogen-bond donors (Lipinski definition) is 0. The number of allylic oxidation sites excluding steroid dienone is 5. The van der Waals surface area contributed by atoms with Crippen molar-refractivity contribution in [3.63, 3.8) is 0 Å². The Morgan fingerprint density at radius 2 is 1.59 bits per heavy atom. The summed E-state index contributed by atoms with van der Waals surface area (Å²) >= 11 is 1.91. The highest BCUT2D eigenvalue weighted by Gasteiger charge is 2.50. The van der Waals surface area contributed by atoms with Gasteiger partial charge in [0.2, 0.25) is 0 Å². The monoisotopic (exact) mass is 611 g/mol. The molecule has 3 aliphatic carbocycles. The van der Waals surface area contributed by atoms with E-state index in [4.69, 9.17) is 0 Å². The Bertz CT molecular complexity index is 2330. The third-order valence-electron chi connectivity index (χ3n) is 11.3. The summed E-state index contributed by atoms with van der Waals surface area (Å²) in [7, 11) is 0. The number of thiophene rings is 1. The second-order valence-electron chi connectivity index (χ2n) is 14.1. The average molecular weight is 612 g/mol. The van der Waals surface area contributed by atoms with Gasteiger partial charge in [-0.1, -0.05) is 80.6 Å². The lowest BCUT2D eigenvalue weighted by Crippen LogP contribution is -2.44. The van der Waals surface area contributed by atoms with Gasteiger partial charge in [-0.2, -0.15) is 10.5 Å². The molecule has 1 aromatic heterocycles. The van der Waals surface area contributed by atoms with Gasteiger partial charge in [-0.25, -0.2) is 0 Å². The molecule has 9 rings (SSSR count). The van der Waals surface area contributed by atoms with Crippen molar-refractivity contribution in [1.29, 1.82) is 10.5 Å². The second kappa shape index (κ2) is 9.56. The first kappa shape index (κ1) is 27.4. The van der Waals surface area contributed by atoms with Crippen molar-refractivity contribution < 1.29 is 0 Å². The first-order chi connectivity index (χ1) is 22.3. The maximum absolute atomic E-state index is 10.0. The molecule has 4 heteroatoms. The predicted molar refractivity (Wildman–Crippen MR) is 189 cm³/mol. The average Bonchev–Trinajstić information content (AvgIpc) is 3.67. The van der Waals surface area contributed by atoms with E-state index < -0.39 is 0 Å². The van der Waals surface area contributed by atoms with Gasteiger partial charge in [-0.15, -0.1) is 11.3 Å². The van der Waals surface area contributed by atoms with Gasteiger partial charge in [0.1, 0.15) is 0 Å². The lowest BCUT2D eigenvalue weighted by molar-refractivity contribution is 0.422. The van der Waals surface area contributed by atoms with E-state index in [1.165, 1.54) is 64.9 Å². The van der Waals surface area contributed by atoms with Gasteiger partial charge >= 0.3 is 0 Å². The molecule has 46 heavy (non-hydrogen) atoms. The SMILES string of the molecule is CC1(C)c2ccccc2-c2ccc3c(sc4ccc(C5CC(C#N)=CC=C5N5c6ccccc6C6(C)C=C(C#N)CCC56)cc43)c21. The van der Waals surface area contributed by atoms with Gasteiger partial charge in [0.05, 0.1) is 12.1 Å². The zero-order valence-corrected chi connectivity index (χ0v) is 27.1. The largest absolute Gasteiger partial charge is 0.340 e. The van der Waals surface area contributed by atoms with Gasteiger partial charge in [0.15, 0.2) is 0 Å². The van der Waals surface area contributed by atoms with Crippen molar-refractivity contribution in [2.75, 3.05) is 4.90 Å². The summed E-state index contributed by atoms with van der Waals surface area (Å²) in [5.74, 6) is 0.0471. The van der Waals surface area contributed by atoms with Crippen LogP contribution in [-0.2, 0) is 10.8 Å². The normalized spacial score (nSPS) is 23.8. The van der Waals surface area contributed by atoms with Crippen LogP contribution in [0.3, 0.4) is 0 Å². The molecule has 0 bridgehead atoms. The molecular weight excluding hydrogens is 579 g/mol. The number of benzene rings is 4. The molecule has 3 unspecified atom stereocenters. The van der Waals surface area contributed by atoms with Crippen LogP contribution in [0.1, 0.15) is 68.2 Å². The minimum atomic E-state index is -0.247. The van der Waals surface area contributed by atoms with Crippen LogP contribution in [0.4, 0.5) is 5.69 Å². The summed E-state index contributed by atoms with van der Waals surface area (Å²) in [5.41, 5.74) is 11.9. The molecule has 0 fully saturated rings. The lowest BCUT2D eigenvalue weighted by atomic mass is 9.71. The van der Waals surface area contributed by atoms with Gasteiger partial charge < -0.3 is 4.90 Å². The molecule has 3 atom stereocenters. The Balaban J connectivity index is 1.20. The van der Waals surface area contributed by atoms with Crippen LogP contribution in [-0.4, -0.2) is 6.04 Å². The van der Waals surface area contributed by atoms with E-state index in [0.29, 0.717) is 6.42 Å². The summed E-state index contributed by atoms with van der Waals surface area (Å²) in [6, 6.07) is 34.4. The standard InChI is InChI=1S/C42H33N3S/c1-41(2)33-9-5-4-8-28(33)29-15-16-30-32-21-27(14-18-37(32)46-40(30)39(29)41)31-20-25(23-43)12-17-35(31)45-36-11-7-6-10-34(36)42(3)22-26(24-44)13-19-38(42)45/h4-12,14-18,21-22,31,38H,13,19-20H2,1-3H3. The Kier molecular flexibility index (Phi) is 5.69. The minimum absolute atomic E-state index is 0.0471. The molecular formula is C42H33N3S. The van der Waals surface area contributed by atoms with Crippen molar-refractivity contribution >= 4 is 37.2 Å². The van der Waals surface area contributed by atoms with E-state index in [-0.39, 0.29) is 22.8 Å². The molecule has 5 aromatic rings. The van der Waals surface area contributed by atoms with Gasteiger partial charge in [-0.05, 0) is 89.9 Å². The lowest BCUT2D eigenvalue weighted by Gasteiger charge is -2.41. The summed E-state index contributed by atoms with van der Waals surface area (Å²) in [4.78, 5) is 2.55. The highest BCUT2D eigenvalue weighted by Crippen LogP contribution is 2.56. The third kappa shape index (κ3) is 3.57. The van der Waals surface area contributed by atoms with Crippen LogP contribution in [0.15, 0.2) is 114 Å². The summed E-state index contributed by atoms with van der Waals surface area (Å²) in [6.07, 6.45) is 8.81. The van der Waals surface area contributed by atoms with E-state index in [0.717, 1.165) is 24.0 Å². The van der Waals surface area contributed by atoms with Crippen molar-refractivity contribution in [2.24, 2.45) is 0 Å². The zero-order chi connectivity index (χ0) is 31.4. The van der Waals surface area contributed by atoms with E-state index in [9.17, 15) is 10.5 Å². The molecule has 222 valence electrons. The number of nitriles is 2. The fraction of sp³-hybridized carbons (Fsp3) is 0.238. The summed E-state index contributed by atoms with van der Waals surface area (Å²) in [5, 5.41) is 22.5. The number of hydrogen-bond acceptors (Lipinski definition) is 4. The Morgan fingerprint density at radius 1 is 0.804 bits per heavy atom. The summed E-state index contributed by atoms with van der Waals surface area (Å²) in [6.45, 7) is 7.02. The van der Waals surface area contributed by atoms with Gasteiger partial charge in [0, 0.05) is 65.5 Å². The number of fused-ring (bicyclic) bond motifs is 10. The predicted octanol–water partition coefficient (Wildman–Crippen LogP) is 10.6.